The number of fused-ring (bicyclic) bond motifs is 4. The van der Waals surface area contributed by atoms with Gasteiger partial charge in [0, 0.05) is 22.7 Å². The Bertz CT molecular complexity index is 955. The molecule has 4 nitrogen and oxygen atoms in total. The topological polar surface area (TPSA) is 57.9 Å². The average Bonchev–Trinajstić information content (AvgIpc) is 2.99. The fraction of sp³-hybridized carbons (Fsp3) is 0. The number of H-pyrrole nitrogens is 1. The van der Waals surface area contributed by atoms with Crippen molar-refractivity contribution in [3.63, 3.8) is 0 Å². The van der Waals surface area contributed by atoms with Crippen LogP contribution in [0.15, 0.2) is 49.8 Å². The third-order valence-electron chi connectivity index (χ3n) is 4.05. The van der Waals surface area contributed by atoms with Crippen molar-refractivity contribution in [2.24, 2.45) is 0 Å². The van der Waals surface area contributed by atoms with E-state index in [1.54, 1.807) is 23.4 Å². The minimum atomic E-state index is -0.354. The number of aromatic nitrogens is 2. The standard InChI is InChI=1S/C17H13FN4/c1-3-22-14-7-6-13-10(8-20-21-13)15(14)9(2)16-11(18)4-5-12(19)17(16)22/h3-8H,1-2,19H2,(H,20,21). The molecular weight excluding hydrogens is 279 g/mol. The van der Waals surface area contributed by atoms with E-state index in [0.717, 1.165) is 22.2 Å². The molecule has 108 valence electrons. The summed E-state index contributed by atoms with van der Waals surface area (Å²) in [4.78, 5) is 1.80. The quantitative estimate of drug-likeness (QED) is 0.668. The van der Waals surface area contributed by atoms with Crippen LogP contribution >= 0.6 is 0 Å². The number of hydrogen-bond acceptors (Lipinski definition) is 3. The van der Waals surface area contributed by atoms with Gasteiger partial charge in [-0.2, -0.15) is 5.10 Å². The molecule has 0 atom stereocenters. The Morgan fingerprint density at radius 2 is 2.05 bits per heavy atom. The fourth-order valence-corrected chi connectivity index (χ4v) is 3.09. The second kappa shape index (κ2) is 4.21. The number of nitrogens with two attached hydrogens (primary N) is 1. The lowest BCUT2D eigenvalue weighted by Crippen LogP contribution is -2.19. The Morgan fingerprint density at radius 1 is 1.23 bits per heavy atom. The SMILES string of the molecule is C=CN1c2ccc3[nH]ncc3c2C(=C)c2c(F)ccc(N)c21. The molecule has 5 heteroatoms. The Hall–Kier alpha value is -3.08. The van der Waals surface area contributed by atoms with Gasteiger partial charge in [0.1, 0.15) is 5.82 Å². The summed E-state index contributed by atoms with van der Waals surface area (Å²) in [6.07, 6.45) is 3.35. The maximum atomic E-state index is 14.4. The zero-order valence-corrected chi connectivity index (χ0v) is 11.7. The number of halogens is 1. The van der Waals surface area contributed by atoms with Gasteiger partial charge in [0.05, 0.1) is 28.8 Å². The van der Waals surface area contributed by atoms with Gasteiger partial charge in [0.2, 0.25) is 0 Å². The first-order valence-corrected chi connectivity index (χ1v) is 6.79. The second-order valence-electron chi connectivity index (χ2n) is 5.18. The van der Waals surface area contributed by atoms with Crippen LogP contribution in [0.4, 0.5) is 21.5 Å². The van der Waals surface area contributed by atoms with E-state index in [2.05, 4.69) is 23.4 Å². The van der Waals surface area contributed by atoms with Crippen molar-refractivity contribution in [2.45, 2.75) is 0 Å². The predicted molar refractivity (Wildman–Crippen MR) is 87.4 cm³/mol. The smallest absolute Gasteiger partial charge is 0.133 e. The lowest BCUT2D eigenvalue weighted by Gasteiger charge is -2.33. The zero-order chi connectivity index (χ0) is 15.4. The predicted octanol–water partition coefficient (Wildman–Crippen LogP) is 3.94. The molecule has 22 heavy (non-hydrogen) atoms. The molecule has 0 amide bonds. The van der Waals surface area contributed by atoms with Crippen LogP contribution in [0.5, 0.6) is 0 Å². The lowest BCUT2D eigenvalue weighted by atomic mass is 9.88. The van der Waals surface area contributed by atoms with E-state index in [9.17, 15) is 4.39 Å². The number of nitrogen functional groups attached to an aromatic ring is 1. The molecule has 3 aromatic rings. The third kappa shape index (κ3) is 1.42. The van der Waals surface area contributed by atoms with Crippen molar-refractivity contribution < 1.29 is 4.39 Å². The minimum Gasteiger partial charge on any atom is -0.397 e. The van der Waals surface area contributed by atoms with Gasteiger partial charge in [0.25, 0.3) is 0 Å². The van der Waals surface area contributed by atoms with E-state index in [-0.39, 0.29) is 5.82 Å². The van der Waals surface area contributed by atoms with Crippen LogP contribution in [0.3, 0.4) is 0 Å². The molecule has 1 aliphatic heterocycles. The first-order chi connectivity index (χ1) is 10.6. The number of nitrogens with zero attached hydrogens (tertiary/aromatic N) is 2. The van der Waals surface area contributed by atoms with Gasteiger partial charge in [0.15, 0.2) is 0 Å². The first-order valence-electron chi connectivity index (χ1n) is 6.79. The summed E-state index contributed by atoms with van der Waals surface area (Å²) < 4.78 is 14.4. The zero-order valence-electron chi connectivity index (χ0n) is 11.7. The minimum absolute atomic E-state index is 0.354. The van der Waals surface area contributed by atoms with Crippen molar-refractivity contribution >= 4 is 33.5 Å². The van der Waals surface area contributed by atoms with E-state index in [4.69, 9.17) is 5.73 Å². The van der Waals surface area contributed by atoms with Crippen LogP contribution in [0, 0.1) is 5.82 Å². The molecule has 2 aromatic carbocycles. The summed E-state index contributed by atoms with van der Waals surface area (Å²) in [5.41, 5.74) is 10.7. The molecule has 0 spiro atoms. The maximum Gasteiger partial charge on any atom is 0.133 e. The van der Waals surface area contributed by atoms with Crippen molar-refractivity contribution in [3.05, 3.63) is 66.8 Å². The number of aromatic amines is 1. The molecule has 1 aliphatic rings. The van der Waals surface area contributed by atoms with Crippen LogP contribution in [-0.2, 0) is 0 Å². The van der Waals surface area contributed by atoms with Crippen molar-refractivity contribution in [1.82, 2.24) is 10.2 Å². The number of nitrogens with one attached hydrogen (secondary N) is 1. The highest BCUT2D eigenvalue weighted by Crippen LogP contribution is 2.49. The van der Waals surface area contributed by atoms with Crippen molar-refractivity contribution in [3.8, 4) is 0 Å². The molecule has 0 saturated carbocycles. The normalized spacial score (nSPS) is 13.1. The monoisotopic (exact) mass is 292 g/mol. The van der Waals surface area contributed by atoms with E-state index >= 15 is 0 Å². The van der Waals surface area contributed by atoms with Crippen LogP contribution < -0.4 is 10.6 Å². The van der Waals surface area contributed by atoms with Crippen molar-refractivity contribution in [1.29, 1.82) is 0 Å². The van der Waals surface area contributed by atoms with Gasteiger partial charge in [-0.1, -0.05) is 13.2 Å². The average molecular weight is 292 g/mol. The summed E-state index contributed by atoms with van der Waals surface area (Å²) in [6.45, 7) is 7.94. The highest BCUT2D eigenvalue weighted by molar-refractivity contribution is 6.09. The fourth-order valence-electron chi connectivity index (χ4n) is 3.09. The molecule has 0 fully saturated rings. The molecule has 1 aromatic heterocycles. The molecule has 0 saturated heterocycles. The number of rotatable bonds is 1. The molecule has 2 heterocycles. The van der Waals surface area contributed by atoms with Crippen molar-refractivity contribution in [2.75, 3.05) is 10.6 Å². The largest absolute Gasteiger partial charge is 0.397 e. The van der Waals surface area contributed by atoms with E-state index in [0.29, 0.717) is 22.5 Å². The molecule has 0 bridgehead atoms. The molecular formula is C17H13FN4. The van der Waals surface area contributed by atoms with Gasteiger partial charge in [-0.25, -0.2) is 4.39 Å². The van der Waals surface area contributed by atoms with E-state index in [1.807, 2.05) is 12.1 Å². The summed E-state index contributed by atoms with van der Waals surface area (Å²) in [6, 6.07) is 6.77. The van der Waals surface area contributed by atoms with Crippen LogP contribution in [0.25, 0.3) is 16.5 Å². The lowest BCUT2D eigenvalue weighted by molar-refractivity contribution is 0.624. The second-order valence-corrected chi connectivity index (χ2v) is 5.18. The highest BCUT2D eigenvalue weighted by atomic mass is 19.1. The molecule has 0 aliphatic carbocycles. The Kier molecular flexibility index (Phi) is 2.42. The van der Waals surface area contributed by atoms with Crippen LogP contribution in [0.1, 0.15) is 11.1 Å². The van der Waals surface area contributed by atoms with Gasteiger partial charge < -0.3 is 10.6 Å². The number of anilines is 3. The van der Waals surface area contributed by atoms with Crippen LogP contribution in [-0.4, -0.2) is 10.2 Å². The van der Waals surface area contributed by atoms with E-state index in [1.165, 1.54) is 6.07 Å². The van der Waals surface area contributed by atoms with E-state index < -0.39 is 0 Å². The van der Waals surface area contributed by atoms with Gasteiger partial charge in [-0.05, 0) is 29.8 Å². The van der Waals surface area contributed by atoms with Gasteiger partial charge in [-0.3, -0.25) is 5.10 Å². The van der Waals surface area contributed by atoms with Crippen LogP contribution in [0.2, 0.25) is 0 Å². The molecule has 3 N–H and O–H groups in total. The third-order valence-corrected chi connectivity index (χ3v) is 4.05. The summed E-state index contributed by atoms with van der Waals surface area (Å²) in [5.74, 6) is -0.354. The summed E-state index contributed by atoms with van der Waals surface area (Å²) in [5, 5.41) is 7.87. The highest BCUT2D eigenvalue weighted by Gasteiger charge is 2.30. The molecule has 0 radical (unpaired) electrons. The summed E-state index contributed by atoms with van der Waals surface area (Å²) in [7, 11) is 0. The molecule has 4 rings (SSSR count). The summed E-state index contributed by atoms with van der Waals surface area (Å²) >= 11 is 0. The Balaban J connectivity index is 2.16. The Labute approximate surface area is 126 Å². The molecule has 0 unspecified atom stereocenters. The van der Waals surface area contributed by atoms with Gasteiger partial charge >= 0.3 is 0 Å². The number of hydrogen-bond donors (Lipinski definition) is 2. The Morgan fingerprint density at radius 3 is 2.82 bits per heavy atom. The number of benzene rings is 2. The first kappa shape index (κ1) is 12.6. The maximum absolute atomic E-state index is 14.4. The van der Waals surface area contributed by atoms with Gasteiger partial charge in [-0.15, -0.1) is 0 Å².